The van der Waals surface area contributed by atoms with Gasteiger partial charge in [-0.2, -0.15) is 0 Å². The van der Waals surface area contributed by atoms with Crippen molar-refractivity contribution >= 4 is 21.6 Å². The molecule has 4 nitrogen and oxygen atoms in total. The topological polar surface area (TPSA) is 30.0 Å². The maximum Gasteiger partial charge on any atom is 0.0822 e. The molecular weight excluding hydrogens is 402 g/mol. The molecule has 0 bridgehead atoms. The lowest BCUT2D eigenvalue weighted by atomic mass is 9.98. The molecule has 2 fully saturated rings. The van der Waals surface area contributed by atoms with Gasteiger partial charge in [0.15, 0.2) is 0 Å². The summed E-state index contributed by atoms with van der Waals surface area (Å²) in [6.45, 7) is 6.87. The lowest BCUT2D eigenvalue weighted by molar-refractivity contribution is -0.0171. The SMILES string of the molecule is OC1CN(Cc2ccc(Br)cc2)CCC1N1CCN(c2ccccc2)CC1. The number of halogens is 1. The van der Waals surface area contributed by atoms with Crippen molar-refractivity contribution in [2.45, 2.75) is 25.1 Å². The summed E-state index contributed by atoms with van der Waals surface area (Å²) in [7, 11) is 0. The van der Waals surface area contributed by atoms with Gasteiger partial charge in [-0.25, -0.2) is 0 Å². The highest BCUT2D eigenvalue weighted by Crippen LogP contribution is 2.23. The Morgan fingerprint density at radius 3 is 2.26 bits per heavy atom. The lowest BCUT2D eigenvalue weighted by Crippen LogP contribution is -2.58. The van der Waals surface area contributed by atoms with E-state index in [1.165, 1.54) is 11.3 Å². The Kier molecular flexibility index (Phi) is 6.13. The lowest BCUT2D eigenvalue weighted by Gasteiger charge is -2.45. The minimum atomic E-state index is -0.266. The molecule has 0 aromatic heterocycles. The van der Waals surface area contributed by atoms with Crippen molar-refractivity contribution in [3.8, 4) is 0 Å². The van der Waals surface area contributed by atoms with Crippen LogP contribution in [-0.4, -0.2) is 66.3 Å². The Morgan fingerprint density at radius 2 is 1.59 bits per heavy atom. The maximum atomic E-state index is 10.8. The zero-order chi connectivity index (χ0) is 18.6. The van der Waals surface area contributed by atoms with Gasteiger partial charge in [0.2, 0.25) is 0 Å². The fourth-order valence-electron chi connectivity index (χ4n) is 4.35. The largest absolute Gasteiger partial charge is 0.390 e. The molecular formula is C22H28BrN3O. The summed E-state index contributed by atoms with van der Waals surface area (Å²) in [5.41, 5.74) is 2.61. The van der Waals surface area contributed by atoms with E-state index >= 15 is 0 Å². The van der Waals surface area contributed by atoms with Crippen LogP contribution in [0.4, 0.5) is 5.69 Å². The number of aliphatic hydroxyl groups excluding tert-OH is 1. The molecule has 2 saturated heterocycles. The van der Waals surface area contributed by atoms with Gasteiger partial charge < -0.3 is 10.0 Å². The number of piperazine rings is 1. The van der Waals surface area contributed by atoms with Crippen LogP contribution in [0, 0.1) is 0 Å². The molecule has 5 heteroatoms. The van der Waals surface area contributed by atoms with Crippen LogP contribution in [0.1, 0.15) is 12.0 Å². The van der Waals surface area contributed by atoms with Gasteiger partial charge in [0.25, 0.3) is 0 Å². The third-order valence-electron chi connectivity index (χ3n) is 5.85. The normalized spacial score (nSPS) is 24.9. The number of piperidine rings is 1. The van der Waals surface area contributed by atoms with Crippen LogP contribution < -0.4 is 4.90 Å². The van der Waals surface area contributed by atoms with E-state index < -0.39 is 0 Å². The van der Waals surface area contributed by atoms with E-state index in [4.69, 9.17) is 0 Å². The summed E-state index contributed by atoms with van der Waals surface area (Å²) in [5.74, 6) is 0. The minimum absolute atomic E-state index is 0.266. The van der Waals surface area contributed by atoms with E-state index in [0.29, 0.717) is 6.04 Å². The second-order valence-electron chi connectivity index (χ2n) is 7.64. The molecule has 2 aliphatic heterocycles. The summed E-state index contributed by atoms with van der Waals surface area (Å²) in [6.07, 6.45) is 0.778. The zero-order valence-corrected chi connectivity index (χ0v) is 17.3. The van der Waals surface area contributed by atoms with Gasteiger partial charge in [0.05, 0.1) is 6.10 Å². The van der Waals surface area contributed by atoms with E-state index in [2.05, 4.69) is 85.2 Å². The van der Waals surface area contributed by atoms with Crippen LogP contribution in [0.25, 0.3) is 0 Å². The van der Waals surface area contributed by atoms with Crippen LogP contribution in [0.15, 0.2) is 59.1 Å². The van der Waals surface area contributed by atoms with E-state index in [0.717, 1.165) is 56.7 Å². The predicted octanol–water partition coefficient (Wildman–Crippen LogP) is 3.21. The van der Waals surface area contributed by atoms with Crippen molar-refractivity contribution in [2.24, 2.45) is 0 Å². The molecule has 2 unspecified atom stereocenters. The molecule has 0 aliphatic carbocycles. The number of nitrogens with zero attached hydrogens (tertiary/aromatic N) is 3. The number of β-amino-alcohol motifs (C(OH)–C–C–N with tert-alkyl or cyclic N) is 1. The van der Waals surface area contributed by atoms with Gasteiger partial charge in [-0.05, 0) is 36.2 Å². The number of hydrogen-bond acceptors (Lipinski definition) is 4. The van der Waals surface area contributed by atoms with Crippen LogP contribution in [-0.2, 0) is 6.54 Å². The molecule has 144 valence electrons. The Labute approximate surface area is 170 Å². The maximum absolute atomic E-state index is 10.8. The summed E-state index contributed by atoms with van der Waals surface area (Å²) in [4.78, 5) is 7.33. The molecule has 2 aliphatic rings. The number of likely N-dealkylation sites (tertiary alicyclic amines) is 1. The van der Waals surface area contributed by atoms with Crippen LogP contribution in [0.2, 0.25) is 0 Å². The van der Waals surface area contributed by atoms with Crippen molar-refractivity contribution in [1.29, 1.82) is 0 Å². The highest BCUT2D eigenvalue weighted by Gasteiger charge is 2.33. The van der Waals surface area contributed by atoms with Crippen LogP contribution in [0.5, 0.6) is 0 Å². The average Bonchev–Trinajstić information content (AvgIpc) is 2.71. The van der Waals surface area contributed by atoms with Crippen molar-refractivity contribution in [2.75, 3.05) is 44.2 Å². The van der Waals surface area contributed by atoms with E-state index in [-0.39, 0.29) is 6.10 Å². The second kappa shape index (κ2) is 8.74. The number of anilines is 1. The van der Waals surface area contributed by atoms with E-state index in [9.17, 15) is 5.11 Å². The smallest absolute Gasteiger partial charge is 0.0822 e. The Morgan fingerprint density at radius 1 is 0.889 bits per heavy atom. The number of aliphatic hydroxyl groups is 1. The Balaban J connectivity index is 1.28. The Hall–Kier alpha value is -1.40. The van der Waals surface area contributed by atoms with Gasteiger partial charge in [0.1, 0.15) is 0 Å². The minimum Gasteiger partial charge on any atom is -0.390 e. The predicted molar refractivity (Wildman–Crippen MR) is 114 cm³/mol. The molecule has 4 rings (SSSR count). The molecule has 2 heterocycles. The molecule has 0 radical (unpaired) electrons. The van der Waals surface area contributed by atoms with Crippen LogP contribution >= 0.6 is 15.9 Å². The monoisotopic (exact) mass is 429 g/mol. The van der Waals surface area contributed by atoms with Gasteiger partial charge >= 0.3 is 0 Å². The van der Waals surface area contributed by atoms with E-state index in [1.807, 2.05) is 0 Å². The number of hydrogen-bond donors (Lipinski definition) is 1. The van der Waals surface area contributed by atoms with Gasteiger partial charge in [0, 0.05) is 62.0 Å². The molecule has 0 saturated carbocycles. The molecule has 0 amide bonds. The van der Waals surface area contributed by atoms with Gasteiger partial charge in [-0.3, -0.25) is 9.80 Å². The molecule has 27 heavy (non-hydrogen) atoms. The fourth-order valence-corrected chi connectivity index (χ4v) is 4.62. The molecule has 2 aromatic rings. The van der Waals surface area contributed by atoms with Crippen molar-refractivity contribution < 1.29 is 5.11 Å². The standard InChI is InChI=1S/C22H28BrN3O/c23-19-8-6-18(7-9-19)16-24-11-10-21(22(27)17-24)26-14-12-25(13-15-26)20-4-2-1-3-5-20/h1-9,21-22,27H,10-17H2. The first kappa shape index (κ1) is 18.9. The number of rotatable bonds is 4. The average molecular weight is 430 g/mol. The van der Waals surface area contributed by atoms with Crippen molar-refractivity contribution in [1.82, 2.24) is 9.80 Å². The highest BCUT2D eigenvalue weighted by atomic mass is 79.9. The molecule has 1 N–H and O–H groups in total. The first-order valence-corrected chi connectivity index (χ1v) is 10.7. The number of benzene rings is 2. The van der Waals surface area contributed by atoms with E-state index in [1.54, 1.807) is 0 Å². The molecule has 2 atom stereocenters. The van der Waals surface area contributed by atoms with Crippen LogP contribution in [0.3, 0.4) is 0 Å². The quantitative estimate of drug-likeness (QED) is 0.807. The highest BCUT2D eigenvalue weighted by molar-refractivity contribution is 9.10. The van der Waals surface area contributed by atoms with Crippen molar-refractivity contribution in [3.05, 3.63) is 64.6 Å². The first-order chi connectivity index (χ1) is 13.2. The Bertz CT molecular complexity index is 716. The number of para-hydroxylation sites is 1. The summed E-state index contributed by atoms with van der Waals surface area (Å²) < 4.78 is 1.11. The fraction of sp³-hybridized carbons (Fsp3) is 0.455. The second-order valence-corrected chi connectivity index (χ2v) is 8.56. The summed E-state index contributed by atoms with van der Waals surface area (Å²) in [5, 5.41) is 10.8. The van der Waals surface area contributed by atoms with Gasteiger partial charge in [-0.1, -0.05) is 46.3 Å². The zero-order valence-electron chi connectivity index (χ0n) is 15.7. The summed E-state index contributed by atoms with van der Waals surface area (Å²) >= 11 is 3.49. The summed E-state index contributed by atoms with van der Waals surface area (Å²) in [6, 6.07) is 19.4. The van der Waals surface area contributed by atoms with Crippen molar-refractivity contribution in [3.63, 3.8) is 0 Å². The first-order valence-electron chi connectivity index (χ1n) is 9.88. The molecule has 2 aromatic carbocycles. The van der Waals surface area contributed by atoms with Gasteiger partial charge in [-0.15, -0.1) is 0 Å². The molecule has 0 spiro atoms. The third kappa shape index (κ3) is 4.72. The third-order valence-corrected chi connectivity index (χ3v) is 6.38.